The highest BCUT2D eigenvalue weighted by molar-refractivity contribution is 5.71. The van der Waals surface area contributed by atoms with Crippen LogP contribution in [0.1, 0.15) is 25.7 Å². The maximum Gasteiger partial charge on any atom is 0.159 e. The highest BCUT2D eigenvalue weighted by Crippen LogP contribution is 2.21. The van der Waals surface area contributed by atoms with Crippen LogP contribution < -0.4 is 5.73 Å². The van der Waals surface area contributed by atoms with Crippen molar-refractivity contribution in [2.75, 3.05) is 0 Å². The predicted octanol–water partition coefficient (Wildman–Crippen LogP) is 1.62. The number of aryl methyl sites for hydroxylation is 1. The molecule has 0 radical (unpaired) electrons. The lowest BCUT2D eigenvalue weighted by atomic mass is 10.1. The molecule has 80 valence electrons. The summed E-state index contributed by atoms with van der Waals surface area (Å²) in [6, 6.07) is 3.81. The summed E-state index contributed by atoms with van der Waals surface area (Å²) in [5, 5.41) is 0. The molecule has 0 saturated carbocycles. The Morgan fingerprint density at radius 3 is 2.73 bits per heavy atom. The normalized spacial score (nSPS) is 13.7. The number of nitrogens with two attached hydrogens (primary N) is 1. The first-order valence-electron chi connectivity index (χ1n) is 5.14. The molecule has 2 aromatic rings. The maximum absolute atomic E-state index is 6.09. The van der Waals surface area contributed by atoms with Crippen molar-refractivity contribution in [2.45, 2.75) is 19.9 Å². The fourth-order valence-electron chi connectivity index (χ4n) is 1.64. The Morgan fingerprint density at radius 2 is 2.13 bits per heavy atom. The summed E-state index contributed by atoms with van der Waals surface area (Å²) in [5.41, 5.74) is 7.89. The predicted molar refractivity (Wildman–Crippen MR) is 60.3 cm³/mol. The summed E-state index contributed by atoms with van der Waals surface area (Å²) in [4.78, 5) is 8.80. The Labute approximate surface area is 89.1 Å². The summed E-state index contributed by atoms with van der Waals surface area (Å²) in [6.45, 7) is 4.19. The van der Waals surface area contributed by atoms with E-state index in [4.69, 9.17) is 5.73 Å². The van der Waals surface area contributed by atoms with Gasteiger partial charge in [-0.3, -0.25) is 0 Å². The van der Waals surface area contributed by atoms with Crippen LogP contribution in [0.5, 0.6) is 0 Å². The van der Waals surface area contributed by atoms with Crippen LogP contribution in [0, 0.1) is 5.92 Å². The minimum absolute atomic E-state index is 0.0378. The first-order valence-corrected chi connectivity index (χ1v) is 5.14. The Bertz CT molecular complexity index is 472. The van der Waals surface area contributed by atoms with E-state index in [0.717, 1.165) is 17.0 Å². The smallest absolute Gasteiger partial charge is 0.159 e. The SMILES string of the molecule is CC(C)[C@@H](N)c1nc2cccnc2n1C. The van der Waals surface area contributed by atoms with E-state index in [9.17, 15) is 0 Å². The number of hydrogen-bond donors (Lipinski definition) is 1. The second-order valence-electron chi connectivity index (χ2n) is 4.14. The number of aromatic nitrogens is 3. The number of nitrogens with zero attached hydrogens (tertiary/aromatic N) is 3. The average molecular weight is 204 g/mol. The van der Waals surface area contributed by atoms with Crippen LogP contribution in [-0.4, -0.2) is 14.5 Å². The van der Waals surface area contributed by atoms with Crippen molar-refractivity contribution in [3.8, 4) is 0 Å². The van der Waals surface area contributed by atoms with Crippen molar-refractivity contribution in [1.82, 2.24) is 14.5 Å². The molecule has 2 aromatic heterocycles. The average Bonchev–Trinajstić information content (AvgIpc) is 2.56. The van der Waals surface area contributed by atoms with E-state index >= 15 is 0 Å². The molecule has 2 N–H and O–H groups in total. The van der Waals surface area contributed by atoms with Crippen molar-refractivity contribution < 1.29 is 0 Å². The van der Waals surface area contributed by atoms with Crippen molar-refractivity contribution in [3.05, 3.63) is 24.2 Å². The van der Waals surface area contributed by atoms with E-state index < -0.39 is 0 Å². The molecule has 0 spiro atoms. The minimum atomic E-state index is -0.0378. The molecule has 4 heteroatoms. The molecule has 0 aliphatic rings. The number of imidazole rings is 1. The molecule has 0 amide bonds. The molecular formula is C11H16N4. The molecule has 0 unspecified atom stereocenters. The third-order valence-corrected chi connectivity index (χ3v) is 2.68. The van der Waals surface area contributed by atoms with E-state index in [1.165, 1.54) is 0 Å². The Balaban J connectivity index is 2.58. The number of rotatable bonds is 2. The van der Waals surface area contributed by atoms with E-state index in [0.29, 0.717) is 5.92 Å². The lowest BCUT2D eigenvalue weighted by molar-refractivity contribution is 0.480. The van der Waals surface area contributed by atoms with Crippen LogP contribution in [0.2, 0.25) is 0 Å². The summed E-state index contributed by atoms with van der Waals surface area (Å²) in [5.74, 6) is 1.28. The Kier molecular flexibility index (Phi) is 2.44. The lowest BCUT2D eigenvalue weighted by Crippen LogP contribution is -2.20. The second-order valence-corrected chi connectivity index (χ2v) is 4.14. The summed E-state index contributed by atoms with van der Waals surface area (Å²) < 4.78 is 1.97. The fourth-order valence-corrected chi connectivity index (χ4v) is 1.64. The van der Waals surface area contributed by atoms with Crippen LogP contribution in [0.25, 0.3) is 11.2 Å². The maximum atomic E-state index is 6.09. The molecule has 4 nitrogen and oxygen atoms in total. The van der Waals surface area contributed by atoms with Gasteiger partial charge in [0.25, 0.3) is 0 Å². The minimum Gasteiger partial charge on any atom is -0.321 e. The summed E-state index contributed by atoms with van der Waals surface area (Å²) in [6.07, 6.45) is 1.77. The first-order chi connectivity index (χ1) is 7.11. The molecule has 0 saturated heterocycles. The lowest BCUT2D eigenvalue weighted by Gasteiger charge is -2.14. The first kappa shape index (κ1) is 10.1. The monoisotopic (exact) mass is 204 g/mol. The van der Waals surface area contributed by atoms with Crippen LogP contribution in [0.15, 0.2) is 18.3 Å². The third kappa shape index (κ3) is 1.61. The van der Waals surface area contributed by atoms with Gasteiger partial charge in [0.2, 0.25) is 0 Å². The van der Waals surface area contributed by atoms with Gasteiger partial charge in [-0.1, -0.05) is 13.8 Å². The van der Waals surface area contributed by atoms with Gasteiger partial charge in [0.05, 0.1) is 6.04 Å². The van der Waals surface area contributed by atoms with Gasteiger partial charge in [-0.05, 0) is 18.1 Å². The molecule has 0 aliphatic heterocycles. The number of fused-ring (bicyclic) bond motifs is 1. The highest BCUT2D eigenvalue weighted by Gasteiger charge is 2.17. The van der Waals surface area contributed by atoms with Crippen LogP contribution in [0.3, 0.4) is 0 Å². The summed E-state index contributed by atoms with van der Waals surface area (Å²) >= 11 is 0. The molecule has 2 rings (SSSR count). The molecule has 2 heterocycles. The van der Waals surface area contributed by atoms with Crippen molar-refractivity contribution in [2.24, 2.45) is 18.7 Å². The van der Waals surface area contributed by atoms with E-state index in [1.807, 2.05) is 23.7 Å². The van der Waals surface area contributed by atoms with Gasteiger partial charge in [0.15, 0.2) is 5.65 Å². The molecule has 0 aromatic carbocycles. The largest absolute Gasteiger partial charge is 0.321 e. The molecule has 15 heavy (non-hydrogen) atoms. The van der Waals surface area contributed by atoms with Gasteiger partial charge in [-0.25, -0.2) is 9.97 Å². The van der Waals surface area contributed by atoms with Gasteiger partial charge in [-0.2, -0.15) is 0 Å². The standard InChI is InChI=1S/C11H16N4/c1-7(2)9(12)11-14-8-5-4-6-13-10(8)15(11)3/h4-7,9H,12H2,1-3H3/t9-/m1/s1. The van der Waals surface area contributed by atoms with Crippen LogP contribution in [0.4, 0.5) is 0 Å². The molecular weight excluding hydrogens is 188 g/mol. The molecule has 0 fully saturated rings. The van der Waals surface area contributed by atoms with Gasteiger partial charge in [-0.15, -0.1) is 0 Å². The van der Waals surface area contributed by atoms with Crippen molar-refractivity contribution in [3.63, 3.8) is 0 Å². The van der Waals surface area contributed by atoms with E-state index in [-0.39, 0.29) is 6.04 Å². The van der Waals surface area contributed by atoms with Gasteiger partial charge in [0.1, 0.15) is 11.3 Å². The quantitative estimate of drug-likeness (QED) is 0.808. The highest BCUT2D eigenvalue weighted by atomic mass is 15.1. The zero-order valence-electron chi connectivity index (χ0n) is 9.31. The Morgan fingerprint density at radius 1 is 1.40 bits per heavy atom. The molecule has 1 atom stereocenters. The zero-order valence-corrected chi connectivity index (χ0v) is 9.31. The van der Waals surface area contributed by atoms with Crippen LogP contribution >= 0.6 is 0 Å². The number of pyridine rings is 1. The van der Waals surface area contributed by atoms with Crippen molar-refractivity contribution in [1.29, 1.82) is 0 Å². The Hall–Kier alpha value is -1.42. The number of hydrogen-bond acceptors (Lipinski definition) is 3. The zero-order chi connectivity index (χ0) is 11.0. The van der Waals surface area contributed by atoms with Crippen molar-refractivity contribution >= 4 is 11.2 Å². The van der Waals surface area contributed by atoms with E-state index in [2.05, 4.69) is 23.8 Å². The molecule has 0 bridgehead atoms. The molecule has 0 aliphatic carbocycles. The topological polar surface area (TPSA) is 56.7 Å². The van der Waals surface area contributed by atoms with Crippen LogP contribution in [-0.2, 0) is 7.05 Å². The second kappa shape index (κ2) is 3.62. The third-order valence-electron chi connectivity index (χ3n) is 2.68. The van der Waals surface area contributed by atoms with Gasteiger partial charge < -0.3 is 10.3 Å². The van der Waals surface area contributed by atoms with Gasteiger partial charge >= 0.3 is 0 Å². The summed E-state index contributed by atoms with van der Waals surface area (Å²) in [7, 11) is 1.96. The van der Waals surface area contributed by atoms with E-state index in [1.54, 1.807) is 6.20 Å². The fraction of sp³-hybridized carbons (Fsp3) is 0.455. The van der Waals surface area contributed by atoms with Gasteiger partial charge in [0, 0.05) is 13.2 Å².